The third-order valence-electron chi connectivity index (χ3n) is 3.73. The Morgan fingerprint density at radius 3 is 2.36 bits per heavy atom. The lowest BCUT2D eigenvalue weighted by molar-refractivity contribution is 0.341. The van der Waals surface area contributed by atoms with Gasteiger partial charge in [0.2, 0.25) is 0 Å². The second kappa shape index (κ2) is 2.59. The lowest BCUT2D eigenvalue weighted by Crippen LogP contribution is -2.33. The standard InChI is InChI=1S/C9H19NSi/c1-9-7-11(8-10(9)2)5-3-4-6-11/h9H,3-8H2,1-2H3/t9-/m1/s1. The van der Waals surface area contributed by atoms with Crippen LogP contribution in [0.5, 0.6) is 0 Å². The van der Waals surface area contributed by atoms with E-state index in [0.29, 0.717) is 0 Å². The van der Waals surface area contributed by atoms with Crippen LogP contribution in [-0.2, 0) is 0 Å². The summed E-state index contributed by atoms with van der Waals surface area (Å²) in [6.45, 7) is 2.40. The zero-order chi connectivity index (χ0) is 7.90. The van der Waals surface area contributed by atoms with Gasteiger partial charge in [-0.3, -0.25) is 0 Å². The molecule has 2 heterocycles. The smallest absolute Gasteiger partial charge is 0.0705 e. The van der Waals surface area contributed by atoms with E-state index in [1.54, 1.807) is 31.0 Å². The van der Waals surface area contributed by atoms with Gasteiger partial charge in [0.05, 0.1) is 8.07 Å². The van der Waals surface area contributed by atoms with Crippen LogP contribution < -0.4 is 0 Å². The maximum atomic E-state index is 2.59. The van der Waals surface area contributed by atoms with Crippen LogP contribution in [0, 0.1) is 0 Å². The molecule has 0 aliphatic carbocycles. The van der Waals surface area contributed by atoms with Crippen LogP contribution >= 0.6 is 0 Å². The highest BCUT2D eigenvalue weighted by Crippen LogP contribution is 2.39. The van der Waals surface area contributed by atoms with E-state index < -0.39 is 8.07 Å². The van der Waals surface area contributed by atoms with Crippen molar-refractivity contribution in [1.82, 2.24) is 4.90 Å². The summed E-state index contributed by atoms with van der Waals surface area (Å²) in [4.78, 5) is 2.59. The molecule has 1 atom stereocenters. The Kier molecular flexibility index (Phi) is 1.84. The molecule has 2 fully saturated rings. The molecule has 1 spiro atoms. The predicted octanol–water partition coefficient (Wildman–Crippen LogP) is 2.10. The molecular weight excluding hydrogens is 150 g/mol. The van der Waals surface area contributed by atoms with E-state index in [9.17, 15) is 0 Å². The van der Waals surface area contributed by atoms with Crippen molar-refractivity contribution in [1.29, 1.82) is 0 Å². The Balaban J connectivity index is 2.06. The van der Waals surface area contributed by atoms with Gasteiger partial charge in [0.1, 0.15) is 0 Å². The number of hydrogen-bond acceptors (Lipinski definition) is 1. The maximum absolute atomic E-state index is 2.59. The summed E-state index contributed by atoms with van der Waals surface area (Å²) in [5.74, 6) is 0. The predicted molar refractivity (Wildman–Crippen MR) is 51.5 cm³/mol. The summed E-state index contributed by atoms with van der Waals surface area (Å²) in [6, 6.07) is 5.78. The summed E-state index contributed by atoms with van der Waals surface area (Å²) in [6.07, 6.45) is 4.60. The fraction of sp³-hybridized carbons (Fsp3) is 1.00. The molecule has 0 amide bonds. The normalized spacial score (nSPS) is 37.1. The Morgan fingerprint density at radius 2 is 1.91 bits per heavy atom. The maximum Gasteiger partial charge on any atom is 0.0705 e. The first-order chi connectivity index (χ1) is 5.22. The van der Waals surface area contributed by atoms with Crippen molar-refractivity contribution >= 4 is 8.07 Å². The van der Waals surface area contributed by atoms with Gasteiger partial charge in [-0.2, -0.15) is 0 Å². The topological polar surface area (TPSA) is 3.24 Å². The van der Waals surface area contributed by atoms with Crippen molar-refractivity contribution in [3.63, 3.8) is 0 Å². The summed E-state index contributed by atoms with van der Waals surface area (Å²) in [7, 11) is 1.64. The fourth-order valence-corrected chi connectivity index (χ4v) is 9.06. The minimum absolute atomic E-state index is 0.669. The third kappa shape index (κ3) is 1.27. The number of rotatable bonds is 0. The summed E-state index contributed by atoms with van der Waals surface area (Å²) in [5.41, 5.74) is 0. The van der Waals surface area contributed by atoms with Crippen LogP contribution in [0.25, 0.3) is 0 Å². The average molecular weight is 169 g/mol. The highest BCUT2D eigenvalue weighted by Gasteiger charge is 2.43. The van der Waals surface area contributed by atoms with E-state index in [4.69, 9.17) is 0 Å². The molecule has 0 N–H and O–H groups in total. The van der Waals surface area contributed by atoms with E-state index in [1.165, 1.54) is 6.17 Å². The molecule has 0 bridgehead atoms. The van der Waals surface area contributed by atoms with Gasteiger partial charge in [-0.05, 0) is 26.2 Å². The van der Waals surface area contributed by atoms with Crippen molar-refractivity contribution in [2.24, 2.45) is 0 Å². The van der Waals surface area contributed by atoms with Gasteiger partial charge < -0.3 is 4.90 Å². The van der Waals surface area contributed by atoms with Gasteiger partial charge in [0.25, 0.3) is 0 Å². The average Bonchev–Trinajstić information content (AvgIpc) is 2.46. The molecule has 0 saturated carbocycles. The molecule has 2 rings (SSSR count). The summed E-state index contributed by atoms with van der Waals surface area (Å²) < 4.78 is 0. The van der Waals surface area contributed by atoms with Crippen molar-refractivity contribution in [2.45, 2.75) is 43.9 Å². The monoisotopic (exact) mass is 169 g/mol. The van der Waals surface area contributed by atoms with Crippen molar-refractivity contribution < 1.29 is 0 Å². The molecule has 11 heavy (non-hydrogen) atoms. The third-order valence-corrected chi connectivity index (χ3v) is 9.18. The van der Waals surface area contributed by atoms with Crippen molar-refractivity contribution in [3.05, 3.63) is 0 Å². The Hall–Kier alpha value is 0.177. The van der Waals surface area contributed by atoms with E-state index in [-0.39, 0.29) is 0 Å². The van der Waals surface area contributed by atoms with E-state index >= 15 is 0 Å². The molecule has 2 heteroatoms. The second-order valence-electron chi connectivity index (χ2n) is 4.68. The Morgan fingerprint density at radius 1 is 1.27 bits per heavy atom. The fourth-order valence-electron chi connectivity index (χ4n) is 3.02. The van der Waals surface area contributed by atoms with Crippen molar-refractivity contribution in [2.75, 3.05) is 13.2 Å². The molecule has 64 valence electrons. The highest BCUT2D eigenvalue weighted by atomic mass is 28.3. The number of hydrogen-bond donors (Lipinski definition) is 0. The van der Waals surface area contributed by atoms with Gasteiger partial charge in [-0.15, -0.1) is 0 Å². The van der Waals surface area contributed by atoms with Crippen molar-refractivity contribution in [3.8, 4) is 0 Å². The van der Waals surface area contributed by atoms with Crippen LogP contribution in [0.15, 0.2) is 0 Å². The van der Waals surface area contributed by atoms with E-state index in [1.807, 2.05) is 0 Å². The summed E-state index contributed by atoms with van der Waals surface area (Å²) in [5, 5.41) is 0. The molecule has 0 aromatic heterocycles. The first-order valence-corrected chi connectivity index (χ1v) is 7.75. The van der Waals surface area contributed by atoms with E-state index in [2.05, 4.69) is 18.9 Å². The largest absolute Gasteiger partial charge is 0.307 e. The highest BCUT2D eigenvalue weighted by molar-refractivity contribution is 6.81. The van der Waals surface area contributed by atoms with Gasteiger partial charge in [0.15, 0.2) is 0 Å². The Bertz CT molecular complexity index is 140. The first-order valence-electron chi connectivity index (χ1n) is 4.92. The van der Waals surface area contributed by atoms with E-state index in [0.717, 1.165) is 6.04 Å². The molecule has 0 aromatic carbocycles. The van der Waals surface area contributed by atoms with Gasteiger partial charge in [-0.25, -0.2) is 0 Å². The van der Waals surface area contributed by atoms with Crippen LogP contribution in [-0.4, -0.2) is 32.2 Å². The lowest BCUT2D eigenvalue weighted by atomic mass is 10.4. The minimum Gasteiger partial charge on any atom is -0.307 e. The molecule has 0 radical (unpaired) electrons. The molecule has 2 aliphatic heterocycles. The number of nitrogens with zero attached hydrogens (tertiary/aromatic N) is 1. The zero-order valence-corrected chi connectivity index (χ0v) is 8.77. The Labute approximate surface area is 70.8 Å². The molecule has 2 aliphatic rings. The molecular formula is C9H19NSi. The second-order valence-corrected chi connectivity index (χ2v) is 9.40. The van der Waals surface area contributed by atoms with Crippen LogP contribution in [0.3, 0.4) is 0 Å². The van der Waals surface area contributed by atoms with Crippen LogP contribution in [0.2, 0.25) is 18.1 Å². The van der Waals surface area contributed by atoms with Crippen LogP contribution in [0.1, 0.15) is 19.8 Å². The first kappa shape index (κ1) is 7.81. The molecule has 1 nitrogen and oxygen atoms in total. The van der Waals surface area contributed by atoms with Crippen LogP contribution in [0.4, 0.5) is 0 Å². The quantitative estimate of drug-likeness (QED) is 0.502. The minimum atomic E-state index is -0.669. The van der Waals surface area contributed by atoms with Gasteiger partial charge >= 0.3 is 0 Å². The molecule has 2 saturated heterocycles. The molecule has 0 aromatic rings. The zero-order valence-electron chi connectivity index (χ0n) is 7.77. The SMILES string of the molecule is C[C@@H]1C[Si]2(CCCC2)CN1C. The van der Waals surface area contributed by atoms with Gasteiger partial charge in [-0.1, -0.05) is 24.9 Å². The lowest BCUT2D eigenvalue weighted by Gasteiger charge is -2.18. The molecule has 0 unspecified atom stereocenters. The summed E-state index contributed by atoms with van der Waals surface area (Å²) >= 11 is 0. The van der Waals surface area contributed by atoms with Gasteiger partial charge in [0, 0.05) is 6.04 Å².